The van der Waals surface area contributed by atoms with Gasteiger partial charge >= 0.3 is 19.7 Å². The second-order valence-electron chi connectivity index (χ2n) is 8.80. The van der Waals surface area contributed by atoms with Crippen molar-refractivity contribution in [2.45, 2.75) is 78.0 Å². The Morgan fingerprint density at radius 1 is 1.07 bits per heavy atom. The number of methoxy groups -OCH3 is 1. The highest BCUT2D eigenvalue weighted by molar-refractivity contribution is 7.53. The van der Waals surface area contributed by atoms with Crippen molar-refractivity contribution in [3.8, 4) is 0 Å². The fourth-order valence-electron chi connectivity index (χ4n) is 4.54. The highest BCUT2D eigenvalue weighted by Crippen LogP contribution is 2.53. The third-order valence-electron chi connectivity index (χ3n) is 5.48. The quantitative estimate of drug-likeness (QED) is 0.438. The summed E-state index contributed by atoms with van der Waals surface area (Å²) in [5, 5.41) is 0. The topological polar surface area (TPSA) is 91.4 Å². The van der Waals surface area contributed by atoms with Gasteiger partial charge < -0.3 is 18.5 Å². The van der Waals surface area contributed by atoms with E-state index in [4.69, 9.17) is 18.5 Å². The van der Waals surface area contributed by atoms with Gasteiger partial charge in [-0.05, 0) is 72.1 Å². The minimum atomic E-state index is -3.12. The maximum atomic E-state index is 12.9. The van der Waals surface area contributed by atoms with E-state index < -0.39 is 31.3 Å². The lowest BCUT2D eigenvalue weighted by atomic mass is 9.79. The predicted octanol–water partition coefficient (Wildman–Crippen LogP) is 4.22. The maximum Gasteiger partial charge on any atom is 0.411 e. The van der Waals surface area contributed by atoms with E-state index in [2.05, 4.69) is 0 Å². The highest BCUT2D eigenvalue weighted by Gasteiger charge is 2.51. The van der Waals surface area contributed by atoms with Crippen LogP contribution >= 0.6 is 7.60 Å². The number of ether oxygens (including phenoxy) is 2. The van der Waals surface area contributed by atoms with Crippen molar-refractivity contribution in [2.75, 3.05) is 26.5 Å². The van der Waals surface area contributed by atoms with Gasteiger partial charge in [-0.2, -0.15) is 0 Å². The number of esters is 1. The van der Waals surface area contributed by atoms with Gasteiger partial charge in [0.05, 0.1) is 26.5 Å². The molecule has 0 radical (unpaired) electrons. The molecule has 2 fully saturated rings. The van der Waals surface area contributed by atoms with E-state index in [0.717, 1.165) is 19.3 Å². The number of likely N-dealkylation sites (tertiary alicyclic amines) is 1. The summed E-state index contributed by atoms with van der Waals surface area (Å²) in [7, 11) is -1.79. The van der Waals surface area contributed by atoms with E-state index in [-0.39, 0.29) is 17.9 Å². The number of nitrogens with zero attached hydrogens (tertiary/aromatic N) is 1. The third-order valence-corrected chi connectivity index (χ3v) is 7.75. The Labute approximate surface area is 174 Å². The molecule has 0 aromatic carbocycles. The minimum absolute atomic E-state index is 0.0798. The molecule has 0 aromatic heterocycles. The first-order valence-corrected chi connectivity index (χ1v) is 12.2. The zero-order chi connectivity index (χ0) is 21.8. The molecular weight excluding hydrogens is 397 g/mol. The molecule has 1 saturated carbocycles. The number of hydrogen-bond acceptors (Lipinski definition) is 7. The summed E-state index contributed by atoms with van der Waals surface area (Å²) < 4.78 is 34.3. The van der Waals surface area contributed by atoms with Crippen molar-refractivity contribution in [1.82, 2.24) is 4.90 Å². The molecule has 1 saturated heterocycles. The van der Waals surface area contributed by atoms with E-state index in [9.17, 15) is 14.2 Å². The summed E-state index contributed by atoms with van der Waals surface area (Å²) in [6, 6.07) is -0.724. The third kappa shape index (κ3) is 6.19. The van der Waals surface area contributed by atoms with Crippen LogP contribution in [0.25, 0.3) is 0 Å². The number of hydrogen-bond donors (Lipinski definition) is 0. The molecule has 0 bridgehead atoms. The van der Waals surface area contributed by atoms with Crippen LogP contribution in [0.15, 0.2) is 0 Å². The van der Waals surface area contributed by atoms with Crippen LogP contribution in [0, 0.1) is 11.8 Å². The van der Waals surface area contributed by atoms with E-state index in [1.54, 1.807) is 18.7 Å². The molecule has 29 heavy (non-hydrogen) atoms. The molecule has 0 aromatic rings. The van der Waals surface area contributed by atoms with Crippen LogP contribution in [-0.4, -0.2) is 61.1 Å². The summed E-state index contributed by atoms with van der Waals surface area (Å²) in [4.78, 5) is 26.8. The van der Waals surface area contributed by atoms with E-state index >= 15 is 0 Å². The molecule has 8 nitrogen and oxygen atoms in total. The number of carbonyl (C=O) groups is 2. The van der Waals surface area contributed by atoms with Gasteiger partial charge in [0.15, 0.2) is 0 Å². The number of rotatable bonds is 7. The van der Waals surface area contributed by atoms with E-state index in [0.29, 0.717) is 25.8 Å². The van der Waals surface area contributed by atoms with Crippen molar-refractivity contribution in [3.05, 3.63) is 0 Å². The summed E-state index contributed by atoms with van der Waals surface area (Å²) in [5.41, 5.74) is -0.644. The van der Waals surface area contributed by atoms with Gasteiger partial charge in [-0.15, -0.1) is 0 Å². The lowest BCUT2D eigenvalue weighted by Crippen LogP contribution is -2.49. The second kappa shape index (κ2) is 9.80. The molecule has 9 heteroatoms. The summed E-state index contributed by atoms with van der Waals surface area (Å²) >= 11 is 0. The zero-order valence-corrected chi connectivity index (χ0v) is 19.4. The Morgan fingerprint density at radius 3 is 2.21 bits per heavy atom. The second-order valence-corrected chi connectivity index (χ2v) is 10.9. The average molecular weight is 433 g/mol. The summed E-state index contributed by atoms with van der Waals surface area (Å²) in [5.74, 6) is -0.129. The van der Waals surface area contributed by atoms with Crippen molar-refractivity contribution in [2.24, 2.45) is 11.8 Å². The Morgan fingerprint density at radius 2 is 1.69 bits per heavy atom. The number of amides is 1. The van der Waals surface area contributed by atoms with Crippen LogP contribution in [0.4, 0.5) is 4.79 Å². The normalized spacial score (nSPS) is 27.4. The SMILES string of the molecule is CCOP(=O)(CC1CC[C@@H]2[C@H](C1)C[C@@H](C(=O)OC)N2C(=O)OC(C)(C)C)OCC. The molecule has 2 aliphatic rings. The van der Waals surface area contributed by atoms with Crippen LogP contribution in [0.1, 0.15) is 60.3 Å². The molecule has 168 valence electrons. The average Bonchev–Trinajstić information content (AvgIpc) is 2.98. The van der Waals surface area contributed by atoms with Gasteiger partial charge in [0.25, 0.3) is 0 Å². The van der Waals surface area contributed by atoms with Crippen molar-refractivity contribution < 1.29 is 32.7 Å². The number of fused-ring (bicyclic) bond motifs is 1. The van der Waals surface area contributed by atoms with Gasteiger partial charge in [0.2, 0.25) is 0 Å². The van der Waals surface area contributed by atoms with Gasteiger partial charge in [-0.25, -0.2) is 9.59 Å². The first kappa shape index (κ1) is 24.2. The lowest BCUT2D eigenvalue weighted by molar-refractivity contribution is -0.146. The maximum absolute atomic E-state index is 12.9. The van der Waals surface area contributed by atoms with Crippen molar-refractivity contribution in [1.29, 1.82) is 0 Å². The van der Waals surface area contributed by atoms with Gasteiger partial charge in [-0.3, -0.25) is 9.46 Å². The molecule has 1 amide bonds. The van der Waals surface area contributed by atoms with E-state index in [1.165, 1.54) is 7.11 Å². The molecule has 1 aliphatic heterocycles. The molecule has 1 unspecified atom stereocenters. The van der Waals surface area contributed by atoms with E-state index in [1.807, 2.05) is 20.8 Å². The highest BCUT2D eigenvalue weighted by atomic mass is 31.2. The fourth-order valence-corrected chi connectivity index (χ4v) is 6.57. The number of carbonyl (C=O) groups excluding carboxylic acids is 2. The largest absolute Gasteiger partial charge is 0.467 e. The van der Waals surface area contributed by atoms with Crippen LogP contribution in [0.5, 0.6) is 0 Å². The summed E-state index contributed by atoms with van der Waals surface area (Å²) in [6.07, 6.45) is 2.70. The monoisotopic (exact) mass is 433 g/mol. The van der Waals surface area contributed by atoms with Gasteiger partial charge in [0, 0.05) is 6.04 Å². The predicted molar refractivity (Wildman–Crippen MR) is 109 cm³/mol. The Hall–Kier alpha value is -1.11. The van der Waals surface area contributed by atoms with Gasteiger partial charge in [-0.1, -0.05) is 0 Å². The molecule has 4 atom stereocenters. The van der Waals surface area contributed by atoms with Crippen molar-refractivity contribution >= 4 is 19.7 Å². The van der Waals surface area contributed by atoms with Crippen LogP contribution < -0.4 is 0 Å². The minimum Gasteiger partial charge on any atom is -0.467 e. The van der Waals surface area contributed by atoms with Gasteiger partial charge in [0.1, 0.15) is 11.6 Å². The zero-order valence-electron chi connectivity index (χ0n) is 18.5. The molecular formula is C20H36NO7P. The first-order valence-electron chi connectivity index (χ1n) is 10.5. The lowest BCUT2D eigenvalue weighted by Gasteiger charge is -2.37. The Balaban J connectivity index is 2.14. The summed E-state index contributed by atoms with van der Waals surface area (Å²) in [6.45, 7) is 9.71. The molecule has 0 spiro atoms. The van der Waals surface area contributed by atoms with Crippen LogP contribution in [0.2, 0.25) is 0 Å². The molecule has 1 heterocycles. The standard InChI is InChI=1S/C20H36NO7P/c1-7-26-29(24,27-8-2)13-14-9-10-16-15(11-14)12-17(18(22)25-6)21(16)19(23)28-20(3,4)5/h14-17H,7-13H2,1-6H3/t14?,15-,16-,17+/m1/s1. The molecule has 2 rings (SSSR count). The Bertz CT molecular complexity index is 623. The fraction of sp³-hybridized carbons (Fsp3) is 0.900. The van der Waals surface area contributed by atoms with Crippen LogP contribution in [0.3, 0.4) is 0 Å². The first-order chi connectivity index (χ1) is 13.5. The van der Waals surface area contributed by atoms with Crippen LogP contribution in [-0.2, 0) is 27.9 Å². The molecule has 1 aliphatic carbocycles. The molecule has 0 N–H and O–H groups in total. The van der Waals surface area contributed by atoms with Crippen molar-refractivity contribution in [3.63, 3.8) is 0 Å². The Kier molecular flexibility index (Phi) is 8.16. The smallest absolute Gasteiger partial charge is 0.411 e.